The van der Waals surface area contributed by atoms with Crippen LogP contribution in [0.25, 0.3) is 0 Å². The second kappa shape index (κ2) is 9.31. The van der Waals surface area contributed by atoms with Crippen LogP contribution in [-0.4, -0.2) is 28.8 Å². The predicted molar refractivity (Wildman–Crippen MR) is 117 cm³/mol. The Kier molecular flexibility index (Phi) is 6.56. The topological polar surface area (TPSA) is 49.4 Å². The van der Waals surface area contributed by atoms with Crippen molar-refractivity contribution in [3.8, 4) is 0 Å². The third-order valence-electron chi connectivity index (χ3n) is 5.80. The number of nitrogens with zero attached hydrogens (tertiary/aromatic N) is 1. The van der Waals surface area contributed by atoms with Gasteiger partial charge in [0.15, 0.2) is 0 Å². The largest absolute Gasteiger partial charge is 0.351 e. The number of benzene rings is 1. The molecule has 2 aliphatic rings. The van der Waals surface area contributed by atoms with E-state index in [1.807, 2.05) is 34.5 Å². The molecule has 2 aromatic rings. The van der Waals surface area contributed by atoms with Gasteiger partial charge in [0, 0.05) is 22.0 Å². The highest BCUT2D eigenvalue weighted by molar-refractivity contribution is 7.10. The van der Waals surface area contributed by atoms with Crippen molar-refractivity contribution in [3.05, 3.63) is 57.2 Å². The molecule has 1 aromatic carbocycles. The average molecular weight is 431 g/mol. The fourth-order valence-corrected chi connectivity index (χ4v) is 5.00. The number of carbonyl (C=O) groups excluding carboxylic acids is 2. The molecule has 2 amide bonds. The van der Waals surface area contributed by atoms with E-state index in [4.69, 9.17) is 11.6 Å². The van der Waals surface area contributed by atoms with Crippen LogP contribution < -0.4 is 5.32 Å². The lowest BCUT2D eigenvalue weighted by Crippen LogP contribution is -2.48. The molecule has 0 unspecified atom stereocenters. The van der Waals surface area contributed by atoms with Crippen LogP contribution in [0.1, 0.15) is 61.4 Å². The van der Waals surface area contributed by atoms with E-state index in [1.54, 1.807) is 23.5 Å². The summed E-state index contributed by atoms with van der Waals surface area (Å²) in [7, 11) is 0. The molecule has 0 radical (unpaired) electrons. The van der Waals surface area contributed by atoms with Crippen LogP contribution in [0, 0.1) is 0 Å². The van der Waals surface area contributed by atoms with Gasteiger partial charge in [-0.15, -0.1) is 11.3 Å². The molecular weight excluding hydrogens is 404 g/mol. The summed E-state index contributed by atoms with van der Waals surface area (Å²) < 4.78 is 0. The molecule has 154 valence electrons. The summed E-state index contributed by atoms with van der Waals surface area (Å²) in [4.78, 5) is 29.6. The molecule has 2 aliphatic carbocycles. The van der Waals surface area contributed by atoms with Crippen molar-refractivity contribution in [1.82, 2.24) is 10.2 Å². The van der Waals surface area contributed by atoms with E-state index < -0.39 is 6.04 Å². The molecule has 6 heteroatoms. The second-order valence-corrected chi connectivity index (χ2v) is 9.55. The maximum absolute atomic E-state index is 13.4. The number of hydrogen-bond acceptors (Lipinski definition) is 3. The van der Waals surface area contributed by atoms with Gasteiger partial charge in [-0.2, -0.15) is 0 Å². The van der Waals surface area contributed by atoms with E-state index in [0.717, 1.165) is 49.0 Å². The first-order valence-corrected chi connectivity index (χ1v) is 11.8. The van der Waals surface area contributed by atoms with Crippen LogP contribution in [0.4, 0.5) is 0 Å². The third kappa shape index (κ3) is 5.20. The highest BCUT2D eigenvalue weighted by Crippen LogP contribution is 2.36. The van der Waals surface area contributed by atoms with Gasteiger partial charge in [0.05, 0.1) is 6.42 Å². The monoisotopic (exact) mass is 430 g/mol. The highest BCUT2D eigenvalue weighted by Gasteiger charge is 2.41. The fourth-order valence-electron chi connectivity index (χ4n) is 4.18. The highest BCUT2D eigenvalue weighted by atomic mass is 35.5. The van der Waals surface area contributed by atoms with Crippen LogP contribution in [0.15, 0.2) is 41.8 Å². The zero-order chi connectivity index (χ0) is 20.2. The zero-order valence-electron chi connectivity index (χ0n) is 16.5. The molecule has 2 saturated carbocycles. The molecule has 1 heterocycles. The molecule has 0 aliphatic heterocycles. The summed E-state index contributed by atoms with van der Waals surface area (Å²) in [5.41, 5.74) is 0.828. The summed E-state index contributed by atoms with van der Waals surface area (Å²) >= 11 is 7.67. The predicted octanol–water partition coefficient (Wildman–Crippen LogP) is 5.13. The van der Waals surface area contributed by atoms with E-state index in [-0.39, 0.29) is 23.9 Å². The molecular formula is C23H27ClN2O2S. The van der Waals surface area contributed by atoms with Gasteiger partial charge in [-0.3, -0.25) is 9.59 Å². The lowest BCUT2D eigenvalue weighted by atomic mass is 9.94. The molecule has 0 saturated heterocycles. The Morgan fingerprint density at radius 2 is 1.79 bits per heavy atom. The number of rotatable bonds is 7. The Morgan fingerprint density at radius 1 is 1.07 bits per heavy atom. The van der Waals surface area contributed by atoms with Gasteiger partial charge in [-0.25, -0.2) is 0 Å². The van der Waals surface area contributed by atoms with Crippen molar-refractivity contribution in [1.29, 1.82) is 0 Å². The maximum Gasteiger partial charge on any atom is 0.247 e. The van der Waals surface area contributed by atoms with Crippen LogP contribution in [0.5, 0.6) is 0 Å². The lowest BCUT2D eigenvalue weighted by Gasteiger charge is -2.33. The molecule has 2 fully saturated rings. The van der Waals surface area contributed by atoms with Crippen LogP contribution in [-0.2, 0) is 16.0 Å². The van der Waals surface area contributed by atoms with E-state index in [1.165, 1.54) is 6.42 Å². The van der Waals surface area contributed by atoms with Gasteiger partial charge in [-0.1, -0.05) is 49.1 Å². The molecule has 0 bridgehead atoms. The van der Waals surface area contributed by atoms with E-state index in [9.17, 15) is 9.59 Å². The minimum absolute atomic E-state index is 0.0219. The summed E-state index contributed by atoms with van der Waals surface area (Å²) in [6.07, 6.45) is 7.83. The fraction of sp³-hybridized carbons (Fsp3) is 0.478. The Labute approximate surface area is 181 Å². The quantitative estimate of drug-likeness (QED) is 0.662. The Morgan fingerprint density at radius 3 is 2.41 bits per heavy atom. The Bertz CT molecular complexity index is 827. The van der Waals surface area contributed by atoms with Crippen molar-refractivity contribution < 1.29 is 9.59 Å². The van der Waals surface area contributed by atoms with Crippen LogP contribution in [0.2, 0.25) is 5.02 Å². The molecule has 29 heavy (non-hydrogen) atoms. The average Bonchev–Trinajstić information content (AvgIpc) is 3.43. The van der Waals surface area contributed by atoms with Gasteiger partial charge in [0.25, 0.3) is 0 Å². The van der Waals surface area contributed by atoms with E-state index >= 15 is 0 Å². The first-order valence-electron chi connectivity index (χ1n) is 10.5. The molecule has 1 atom stereocenters. The van der Waals surface area contributed by atoms with Crippen molar-refractivity contribution in [3.63, 3.8) is 0 Å². The van der Waals surface area contributed by atoms with Gasteiger partial charge in [0.2, 0.25) is 11.8 Å². The standard InChI is InChI=1S/C23H27ClN2O2S/c24-17-10-8-16(9-11-17)22(23(28)25-18-5-2-1-3-6-18)26(19-12-13-19)21(27)15-20-7-4-14-29-20/h4,7-11,14,18-19,22H,1-3,5-6,12-13,15H2,(H,25,28)/t22-/m0/s1. The zero-order valence-corrected chi connectivity index (χ0v) is 18.1. The number of carbonyl (C=O) groups is 2. The SMILES string of the molecule is O=C(NC1CCCCC1)[C@H](c1ccc(Cl)cc1)N(C(=O)Cc1cccs1)C1CC1. The molecule has 1 aromatic heterocycles. The molecule has 4 rings (SSSR count). The number of nitrogens with one attached hydrogen (secondary N) is 1. The third-order valence-corrected chi connectivity index (χ3v) is 6.93. The Balaban J connectivity index is 1.60. The molecule has 0 spiro atoms. The van der Waals surface area contributed by atoms with E-state index in [2.05, 4.69) is 5.32 Å². The summed E-state index contributed by atoms with van der Waals surface area (Å²) in [5.74, 6) is -0.0423. The van der Waals surface area contributed by atoms with Crippen molar-refractivity contribution in [2.45, 2.75) is 69.5 Å². The Hall–Kier alpha value is -1.85. The smallest absolute Gasteiger partial charge is 0.247 e. The van der Waals surface area contributed by atoms with Gasteiger partial charge < -0.3 is 10.2 Å². The van der Waals surface area contributed by atoms with Crippen LogP contribution >= 0.6 is 22.9 Å². The summed E-state index contributed by atoms with van der Waals surface area (Å²) in [5, 5.41) is 5.86. The minimum Gasteiger partial charge on any atom is -0.351 e. The number of thiophene rings is 1. The van der Waals surface area contributed by atoms with E-state index in [0.29, 0.717) is 11.4 Å². The first-order chi connectivity index (χ1) is 14.1. The number of amides is 2. The van der Waals surface area contributed by atoms with Gasteiger partial charge in [-0.05, 0) is 54.8 Å². The molecule has 1 N–H and O–H groups in total. The molecule has 4 nitrogen and oxygen atoms in total. The maximum atomic E-state index is 13.4. The first kappa shape index (κ1) is 20.4. The minimum atomic E-state index is -0.603. The normalized spacial score (nSPS) is 18.2. The van der Waals surface area contributed by atoms with Crippen molar-refractivity contribution in [2.24, 2.45) is 0 Å². The number of hydrogen-bond donors (Lipinski definition) is 1. The lowest BCUT2D eigenvalue weighted by molar-refractivity contribution is -0.141. The van der Waals surface area contributed by atoms with Crippen LogP contribution in [0.3, 0.4) is 0 Å². The van der Waals surface area contributed by atoms with Crippen molar-refractivity contribution >= 4 is 34.8 Å². The summed E-state index contributed by atoms with van der Waals surface area (Å²) in [6, 6.07) is 11.0. The summed E-state index contributed by atoms with van der Waals surface area (Å²) in [6.45, 7) is 0. The second-order valence-electron chi connectivity index (χ2n) is 8.09. The van der Waals surface area contributed by atoms with Gasteiger partial charge in [0.1, 0.15) is 6.04 Å². The van der Waals surface area contributed by atoms with Crippen molar-refractivity contribution in [2.75, 3.05) is 0 Å². The van der Waals surface area contributed by atoms with Gasteiger partial charge >= 0.3 is 0 Å². The number of halogens is 1.